The van der Waals surface area contributed by atoms with Crippen molar-refractivity contribution in [3.05, 3.63) is 133 Å². The van der Waals surface area contributed by atoms with E-state index in [-0.39, 0.29) is 9.79 Å². The summed E-state index contributed by atoms with van der Waals surface area (Å²) in [4.78, 5) is 0.200. The molecular formula is C38H40N4O6S2. The molecule has 0 unspecified atom stereocenters. The van der Waals surface area contributed by atoms with Crippen LogP contribution in [0.1, 0.15) is 25.0 Å². The number of hydrogen-bond donors (Lipinski definition) is 2. The van der Waals surface area contributed by atoms with Crippen molar-refractivity contribution in [3.8, 4) is 45.4 Å². The van der Waals surface area contributed by atoms with Crippen LogP contribution in [0.15, 0.2) is 131 Å². The zero-order valence-corrected chi connectivity index (χ0v) is 29.9. The Morgan fingerprint density at radius 2 is 0.840 bits per heavy atom. The molecule has 12 heteroatoms. The van der Waals surface area contributed by atoms with Crippen LogP contribution in [0.5, 0.6) is 11.5 Å². The van der Waals surface area contributed by atoms with Crippen molar-refractivity contribution in [2.75, 3.05) is 13.2 Å². The van der Waals surface area contributed by atoms with E-state index in [0.29, 0.717) is 13.2 Å². The summed E-state index contributed by atoms with van der Waals surface area (Å²) in [5, 5.41) is 10.3. The van der Waals surface area contributed by atoms with Crippen LogP contribution in [0, 0.1) is 13.8 Å². The third-order valence-corrected chi connectivity index (χ3v) is 9.58. The second kappa shape index (κ2) is 15.2. The summed E-state index contributed by atoms with van der Waals surface area (Å²) in [5.74, 6) is 1.66. The first kappa shape index (κ1) is 36.1. The van der Waals surface area contributed by atoms with E-state index in [4.69, 9.17) is 19.8 Å². The summed E-state index contributed by atoms with van der Waals surface area (Å²) in [7, 11) is -7.38. The van der Waals surface area contributed by atoms with Gasteiger partial charge >= 0.3 is 0 Å². The molecule has 0 saturated carbocycles. The molecule has 0 fully saturated rings. The number of hydrogen-bond acceptors (Lipinski definition) is 6. The highest BCUT2D eigenvalue weighted by Gasteiger charge is 2.13. The van der Waals surface area contributed by atoms with Crippen molar-refractivity contribution in [2.24, 2.45) is 10.3 Å². The van der Waals surface area contributed by atoms with Crippen molar-refractivity contribution < 1.29 is 26.3 Å². The first-order valence-corrected chi connectivity index (χ1v) is 19.0. The first-order valence-electron chi connectivity index (χ1n) is 15.9. The van der Waals surface area contributed by atoms with Crippen LogP contribution in [0.4, 0.5) is 0 Å². The Kier molecular flexibility index (Phi) is 11.0. The van der Waals surface area contributed by atoms with Gasteiger partial charge in [-0.05, 0) is 159 Å². The average Bonchev–Trinajstić information content (AvgIpc) is 3.68. The number of nitrogens with two attached hydrogens (primary N) is 2. The van der Waals surface area contributed by atoms with Gasteiger partial charge in [0.2, 0.25) is 20.0 Å². The highest BCUT2D eigenvalue weighted by molar-refractivity contribution is 7.89. The molecule has 0 radical (unpaired) electrons. The maximum absolute atomic E-state index is 11.4. The molecule has 0 saturated heterocycles. The molecule has 10 nitrogen and oxygen atoms in total. The number of benzene rings is 4. The number of nitrogens with zero attached hydrogens (tertiary/aromatic N) is 2. The Bertz CT molecular complexity index is 2110. The van der Waals surface area contributed by atoms with E-state index in [0.717, 1.165) is 56.5 Å². The number of aryl methyl sites for hydroxylation is 2. The van der Waals surface area contributed by atoms with E-state index < -0.39 is 20.0 Å². The lowest BCUT2D eigenvalue weighted by molar-refractivity contribution is 0.340. The van der Waals surface area contributed by atoms with Gasteiger partial charge in [-0.25, -0.2) is 27.1 Å². The second-order valence-electron chi connectivity index (χ2n) is 11.5. The zero-order valence-electron chi connectivity index (χ0n) is 28.3. The van der Waals surface area contributed by atoms with Gasteiger partial charge in [-0.1, -0.05) is 0 Å². The predicted octanol–water partition coefficient (Wildman–Crippen LogP) is 7.00. The molecule has 2 aromatic heterocycles. The van der Waals surface area contributed by atoms with Crippen molar-refractivity contribution in [3.63, 3.8) is 0 Å². The number of sulfonamides is 2. The lowest BCUT2D eigenvalue weighted by Crippen LogP contribution is -2.12. The van der Waals surface area contributed by atoms with Gasteiger partial charge in [-0.3, -0.25) is 0 Å². The standard InChI is InChI=1S/2C19H20N2O3S/c2*1-3-24-17-8-4-15(5-9-17)19-12-14(2)13-21(19)16-6-10-18(11-7-16)25(20,22)23/h2*4-13H,3H2,1-2H3,(H2,20,22,23). The van der Waals surface area contributed by atoms with E-state index in [9.17, 15) is 16.8 Å². The normalized spacial score (nSPS) is 11.5. The monoisotopic (exact) mass is 712 g/mol. The fraction of sp³-hybridized carbons (Fsp3) is 0.158. The van der Waals surface area contributed by atoms with Crippen LogP contribution in [-0.4, -0.2) is 39.2 Å². The van der Waals surface area contributed by atoms with Gasteiger partial charge in [0, 0.05) is 23.8 Å². The van der Waals surface area contributed by atoms with Gasteiger partial charge in [0.1, 0.15) is 11.5 Å². The maximum atomic E-state index is 11.4. The topological polar surface area (TPSA) is 149 Å². The van der Waals surface area contributed by atoms with Crippen LogP contribution in [0.25, 0.3) is 33.9 Å². The van der Waals surface area contributed by atoms with Crippen molar-refractivity contribution in [1.82, 2.24) is 9.13 Å². The minimum absolute atomic E-state index is 0.0998. The summed E-state index contributed by atoms with van der Waals surface area (Å²) in [6.45, 7) is 9.21. The number of ether oxygens (including phenoxy) is 2. The van der Waals surface area contributed by atoms with Crippen molar-refractivity contribution >= 4 is 20.0 Å². The number of rotatable bonds is 10. The summed E-state index contributed by atoms with van der Waals surface area (Å²) >= 11 is 0. The fourth-order valence-corrected chi connectivity index (χ4v) is 6.46. The van der Waals surface area contributed by atoms with Crippen LogP contribution in [0.3, 0.4) is 0 Å². The minimum Gasteiger partial charge on any atom is -0.494 e. The average molecular weight is 713 g/mol. The van der Waals surface area contributed by atoms with Gasteiger partial charge in [0.15, 0.2) is 0 Å². The minimum atomic E-state index is -3.69. The van der Waals surface area contributed by atoms with Crippen LogP contribution >= 0.6 is 0 Å². The summed E-state index contributed by atoms with van der Waals surface area (Å²) in [6, 6.07) is 33.0. The highest BCUT2D eigenvalue weighted by Crippen LogP contribution is 2.29. The molecule has 0 spiro atoms. The van der Waals surface area contributed by atoms with Crippen LogP contribution in [0.2, 0.25) is 0 Å². The molecular weight excluding hydrogens is 673 g/mol. The van der Waals surface area contributed by atoms with Crippen molar-refractivity contribution in [2.45, 2.75) is 37.5 Å². The summed E-state index contributed by atoms with van der Waals surface area (Å²) in [5.41, 5.74) is 8.08. The Hall–Kier alpha value is -5.14. The molecule has 0 atom stereocenters. The Balaban J connectivity index is 0.000000194. The smallest absolute Gasteiger partial charge is 0.238 e. The molecule has 6 aromatic rings. The van der Waals surface area contributed by atoms with Crippen molar-refractivity contribution in [1.29, 1.82) is 0 Å². The van der Waals surface area contributed by atoms with Crippen LogP contribution in [-0.2, 0) is 20.0 Å². The molecule has 260 valence electrons. The summed E-state index contributed by atoms with van der Waals surface area (Å²) in [6.07, 6.45) is 4.02. The van der Waals surface area contributed by atoms with Crippen LogP contribution < -0.4 is 19.8 Å². The number of primary sulfonamides is 2. The summed E-state index contributed by atoms with van der Waals surface area (Å²) < 4.78 is 60.7. The van der Waals surface area contributed by atoms with Gasteiger partial charge < -0.3 is 18.6 Å². The Morgan fingerprint density at radius 1 is 0.520 bits per heavy atom. The van der Waals surface area contributed by atoms with Gasteiger partial charge in [0.05, 0.1) is 34.4 Å². The molecule has 0 aliphatic heterocycles. The zero-order chi connectivity index (χ0) is 36.1. The third kappa shape index (κ3) is 8.71. The van der Waals surface area contributed by atoms with E-state index in [1.807, 2.05) is 97.8 Å². The third-order valence-electron chi connectivity index (χ3n) is 7.72. The second-order valence-corrected chi connectivity index (χ2v) is 14.7. The molecule has 4 aromatic carbocycles. The molecule has 0 aliphatic rings. The Labute approximate surface area is 293 Å². The molecule has 6 rings (SSSR count). The Morgan fingerprint density at radius 3 is 1.12 bits per heavy atom. The van der Waals surface area contributed by atoms with E-state index in [1.165, 1.54) is 24.3 Å². The van der Waals surface area contributed by atoms with E-state index >= 15 is 0 Å². The maximum Gasteiger partial charge on any atom is 0.238 e. The molecule has 50 heavy (non-hydrogen) atoms. The van der Waals surface area contributed by atoms with Gasteiger partial charge in [-0.15, -0.1) is 0 Å². The van der Waals surface area contributed by atoms with E-state index in [1.54, 1.807) is 24.3 Å². The SMILES string of the molecule is CCOc1ccc(-c2cc(C)cn2-c2ccc(S(N)(=O)=O)cc2)cc1.CCOc1ccc(-c2cc(C)cn2-c2ccc(S(N)(=O)=O)cc2)cc1. The fourth-order valence-electron chi connectivity index (χ4n) is 5.43. The molecule has 0 amide bonds. The molecule has 4 N–H and O–H groups in total. The van der Waals surface area contributed by atoms with E-state index in [2.05, 4.69) is 12.1 Å². The lowest BCUT2D eigenvalue weighted by Gasteiger charge is -2.11. The largest absolute Gasteiger partial charge is 0.494 e. The predicted molar refractivity (Wildman–Crippen MR) is 197 cm³/mol. The molecule has 2 heterocycles. The first-order chi connectivity index (χ1) is 23.8. The molecule has 0 bridgehead atoms. The number of aromatic nitrogens is 2. The van der Waals surface area contributed by atoms with Gasteiger partial charge in [-0.2, -0.15) is 0 Å². The lowest BCUT2D eigenvalue weighted by atomic mass is 10.1. The quantitative estimate of drug-likeness (QED) is 0.156. The molecule has 0 aliphatic carbocycles. The van der Waals surface area contributed by atoms with Gasteiger partial charge in [0.25, 0.3) is 0 Å². The highest BCUT2D eigenvalue weighted by atomic mass is 32.2.